The Morgan fingerprint density at radius 1 is 1.00 bits per heavy atom. The average molecular weight is 344 g/mol. The molecule has 2 atom stereocenters. The summed E-state index contributed by atoms with van der Waals surface area (Å²) in [6.45, 7) is 5.45. The van der Waals surface area contributed by atoms with Crippen LogP contribution in [0.25, 0.3) is 0 Å². The largest absolute Gasteiger partial charge is 0.481 e. The van der Waals surface area contributed by atoms with Crippen LogP contribution < -0.4 is 10.6 Å². The first-order valence-electron chi connectivity index (χ1n) is 8.28. The molecule has 0 spiro atoms. The van der Waals surface area contributed by atoms with Crippen molar-refractivity contribution in [1.29, 1.82) is 0 Å². The minimum atomic E-state index is -0.962. The molecular weight excluding hydrogens is 320 g/mol. The first-order valence-corrected chi connectivity index (χ1v) is 8.28. The van der Waals surface area contributed by atoms with E-state index in [1.165, 1.54) is 0 Å². The van der Waals surface area contributed by atoms with E-state index in [9.17, 15) is 19.5 Å². The number of rotatable bonds is 4. The number of aliphatic carboxylic acids is 1. The zero-order valence-electron chi connectivity index (χ0n) is 14.7. The van der Waals surface area contributed by atoms with Gasteiger partial charge in [0.05, 0.1) is 11.8 Å². The van der Waals surface area contributed by atoms with Gasteiger partial charge in [-0.3, -0.25) is 14.4 Å². The Morgan fingerprint density at radius 3 is 2.12 bits per heavy atom. The zero-order valence-corrected chi connectivity index (χ0v) is 14.7. The Bertz CT molecular complexity index is 704. The molecule has 0 aliphatic heterocycles. The predicted molar refractivity (Wildman–Crippen MR) is 96.1 cm³/mol. The van der Waals surface area contributed by atoms with E-state index < -0.39 is 23.2 Å². The quantitative estimate of drug-likeness (QED) is 0.731. The van der Waals surface area contributed by atoms with Gasteiger partial charge in [-0.05, 0) is 31.0 Å². The van der Waals surface area contributed by atoms with Crippen molar-refractivity contribution < 1.29 is 19.5 Å². The van der Waals surface area contributed by atoms with Gasteiger partial charge >= 0.3 is 5.97 Å². The maximum absolute atomic E-state index is 12.5. The normalized spacial score (nSPS) is 20.0. The highest BCUT2D eigenvalue weighted by Crippen LogP contribution is 2.28. The molecular formula is C19H24N2O4. The molecule has 3 N–H and O–H groups in total. The molecule has 0 saturated carbocycles. The number of hydrogen-bond acceptors (Lipinski definition) is 3. The van der Waals surface area contributed by atoms with Crippen molar-refractivity contribution in [2.75, 3.05) is 10.6 Å². The van der Waals surface area contributed by atoms with Gasteiger partial charge < -0.3 is 15.7 Å². The number of carbonyl (C=O) groups is 3. The average Bonchev–Trinajstić information content (AvgIpc) is 2.54. The maximum atomic E-state index is 12.5. The topological polar surface area (TPSA) is 95.5 Å². The number of amides is 2. The first-order chi connectivity index (χ1) is 11.7. The summed E-state index contributed by atoms with van der Waals surface area (Å²) in [5.41, 5.74) is 0.578. The molecule has 1 aliphatic rings. The van der Waals surface area contributed by atoms with Crippen LogP contribution >= 0.6 is 0 Å². The highest BCUT2D eigenvalue weighted by atomic mass is 16.4. The number of carboxylic acid groups (broad SMARTS) is 1. The van der Waals surface area contributed by atoms with E-state index in [4.69, 9.17) is 0 Å². The minimum absolute atomic E-state index is 0.126. The van der Waals surface area contributed by atoms with Gasteiger partial charge in [0.15, 0.2) is 0 Å². The van der Waals surface area contributed by atoms with Crippen LogP contribution in [0.2, 0.25) is 0 Å². The summed E-state index contributed by atoms with van der Waals surface area (Å²) in [6, 6.07) is 6.83. The van der Waals surface area contributed by atoms with Gasteiger partial charge in [-0.15, -0.1) is 0 Å². The number of carboxylic acids is 1. The SMILES string of the molecule is CC(C)(C)C(=O)Nc1cccc(NC(=O)[C@@H]2CC=CC[C@@H]2C(=O)O)c1. The monoisotopic (exact) mass is 344 g/mol. The standard InChI is InChI=1S/C19H24N2O4/c1-19(2,3)18(25)21-13-8-6-7-12(11-13)20-16(22)14-9-4-5-10-15(14)17(23)24/h4-8,11,14-15H,9-10H2,1-3H3,(H,20,22)(H,21,25)(H,23,24)/t14-,15+/m1/s1. The van der Waals surface area contributed by atoms with Gasteiger partial charge in [0.25, 0.3) is 0 Å². The third-order valence-corrected chi connectivity index (χ3v) is 4.16. The Labute approximate surface area is 147 Å². The third-order valence-electron chi connectivity index (χ3n) is 4.16. The lowest BCUT2D eigenvalue weighted by atomic mass is 9.82. The van der Waals surface area contributed by atoms with Crippen LogP contribution in [0.3, 0.4) is 0 Å². The van der Waals surface area contributed by atoms with Crippen molar-refractivity contribution in [3.8, 4) is 0 Å². The molecule has 134 valence electrons. The van der Waals surface area contributed by atoms with Gasteiger partial charge in [-0.1, -0.05) is 39.0 Å². The van der Waals surface area contributed by atoms with E-state index in [0.717, 1.165) is 0 Å². The van der Waals surface area contributed by atoms with Gasteiger partial charge in [0, 0.05) is 16.8 Å². The Hall–Kier alpha value is -2.63. The second-order valence-electron chi connectivity index (χ2n) is 7.27. The molecule has 25 heavy (non-hydrogen) atoms. The number of allylic oxidation sites excluding steroid dienone is 2. The Kier molecular flexibility index (Phi) is 5.62. The van der Waals surface area contributed by atoms with Crippen molar-refractivity contribution >= 4 is 29.2 Å². The maximum Gasteiger partial charge on any atom is 0.307 e. The van der Waals surface area contributed by atoms with E-state index in [1.807, 2.05) is 26.8 Å². The molecule has 1 aromatic carbocycles. The van der Waals surface area contributed by atoms with Gasteiger partial charge in [0.1, 0.15) is 0 Å². The van der Waals surface area contributed by atoms with Crippen LogP contribution in [0, 0.1) is 17.3 Å². The fourth-order valence-corrected chi connectivity index (χ4v) is 2.61. The summed E-state index contributed by atoms with van der Waals surface area (Å²) in [5, 5.41) is 14.8. The molecule has 0 bridgehead atoms. The van der Waals surface area contributed by atoms with Gasteiger partial charge in [-0.25, -0.2) is 0 Å². The lowest BCUT2D eigenvalue weighted by Crippen LogP contribution is -2.34. The molecule has 0 radical (unpaired) electrons. The van der Waals surface area contributed by atoms with Crippen LogP contribution in [-0.2, 0) is 14.4 Å². The molecule has 0 unspecified atom stereocenters. The highest BCUT2D eigenvalue weighted by Gasteiger charge is 2.34. The second-order valence-corrected chi connectivity index (χ2v) is 7.27. The second kappa shape index (κ2) is 7.51. The van der Waals surface area contributed by atoms with Crippen LogP contribution in [0.1, 0.15) is 33.6 Å². The molecule has 6 nitrogen and oxygen atoms in total. The third kappa shape index (κ3) is 4.92. The molecule has 0 fully saturated rings. The van der Waals surface area contributed by atoms with E-state index in [0.29, 0.717) is 24.2 Å². The lowest BCUT2D eigenvalue weighted by molar-refractivity contribution is -0.146. The van der Waals surface area contributed by atoms with E-state index in [-0.39, 0.29) is 11.8 Å². The molecule has 1 aliphatic carbocycles. The van der Waals surface area contributed by atoms with Gasteiger partial charge in [-0.2, -0.15) is 0 Å². The minimum Gasteiger partial charge on any atom is -0.481 e. The van der Waals surface area contributed by atoms with Gasteiger partial charge in [0.2, 0.25) is 11.8 Å². The van der Waals surface area contributed by atoms with Crippen molar-refractivity contribution in [2.45, 2.75) is 33.6 Å². The van der Waals surface area contributed by atoms with Crippen LogP contribution in [0.15, 0.2) is 36.4 Å². The van der Waals surface area contributed by atoms with Crippen molar-refractivity contribution in [1.82, 2.24) is 0 Å². The van der Waals surface area contributed by atoms with Crippen molar-refractivity contribution in [3.05, 3.63) is 36.4 Å². The summed E-state index contributed by atoms with van der Waals surface area (Å²) in [6.07, 6.45) is 4.40. The zero-order chi connectivity index (χ0) is 18.6. The summed E-state index contributed by atoms with van der Waals surface area (Å²) < 4.78 is 0. The van der Waals surface area contributed by atoms with Crippen LogP contribution in [-0.4, -0.2) is 22.9 Å². The molecule has 0 aromatic heterocycles. The summed E-state index contributed by atoms with van der Waals surface area (Å²) in [7, 11) is 0. The van der Waals surface area contributed by atoms with E-state index >= 15 is 0 Å². The number of carbonyl (C=O) groups excluding carboxylic acids is 2. The molecule has 2 amide bonds. The molecule has 2 rings (SSSR count). The molecule has 0 saturated heterocycles. The predicted octanol–water partition coefficient (Wildman–Crippen LogP) is 3.28. The number of hydrogen-bond donors (Lipinski definition) is 3. The first kappa shape index (κ1) is 18.7. The fourth-order valence-electron chi connectivity index (χ4n) is 2.61. The fraction of sp³-hybridized carbons (Fsp3) is 0.421. The summed E-state index contributed by atoms with van der Waals surface area (Å²) in [4.78, 5) is 35.9. The van der Waals surface area contributed by atoms with E-state index in [2.05, 4.69) is 10.6 Å². The van der Waals surface area contributed by atoms with Crippen molar-refractivity contribution in [2.24, 2.45) is 17.3 Å². The Morgan fingerprint density at radius 2 is 1.56 bits per heavy atom. The van der Waals surface area contributed by atoms with Crippen LogP contribution in [0.5, 0.6) is 0 Å². The molecule has 0 heterocycles. The highest BCUT2D eigenvalue weighted by molar-refractivity contribution is 5.97. The van der Waals surface area contributed by atoms with E-state index in [1.54, 1.807) is 30.3 Å². The molecule has 6 heteroatoms. The van der Waals surface area contributed by atoms with Crippen molar-refractivity contribution in [3.63, 3.8) is 0 Å². The number of anilines is 2. The molecule has 1 aromatic rings. The number of benzene rings is 1. The summed E-state index contributed by atoms with van der Waals surface area (Å²) >= 11 is 0. The Balaban J connectivity index is 2.08. The smallest absolute Gasteiger partial charge is 0.307 e. The van der Waals surface area contributed by atoms with Crippen LogP contribution in [0.4, 0.5) is 11.4 Å². The summed E-state index contributed by atoms with van der Waals surface area (Å²) in [5.74, 6) is -2.73. The number of nitrogens with one attached hydrogen (secondary N) is 2. The lowest BCUT2D eigenvalue weighted by Gasteiger charge is -2.24.